The second-order valence-electron chi connectivity index (χ2n) is 3.17. The van der Waals surface area contributed by atoms with Crippen molar-refractivity contribution < 1.29 is 14.3 Å². The van der Waals surface area contributed by atoms with Crippen LogP contribution >= 0.6 is 0 Å². The molecule has 1 saturated heterocycles. The van der Waals surface area contributed by atoms with Crippen LogP contribution in [0.3, 0.4) is 0 Å². The highest BCUT2D eigenvalue weighted by molar-refractivity contribution is 5.95. The minimum absolute atomic E-state index is 0.210. The van der Waals surface area contributed by atoms with E-state index in [1.807, 2.05) is 6.08 Å². The van der Waals surface area contributed by atoms with Gasteiger partial charge in [-0.3, -0.25) is 9.59 Å². The Hall–Kier alpha value is -1.12. The predicted octanol–water partition coefficient (Wildman–Crippen LogP) is 1.82. The van der Waals surface area contributed by atoms with Crippen molar-refractivity contribution in [3.8, 4) is 0 Å². The molecule has 0 radical (unpaired) electrons. The summed E-state index contributed by atoms with van der Waals surface area (Å²) in [6.07, 6.45) is 7.16. The van der Waals surface area contributed by atoms with E-state index in [-0.39, 0.29) is 12.3 Å². The van der Waals surface area contributed by atoms with Gasteiger partial charge in [0.05, 0.1) is 12.3 Å². The molecule has 3 heteroatoms. The number of unbranched alkanes of at least 4 members (excludes halogenated alkanes) is 2. The first-order valence-electron chi connectivity index (χ1n) is 4.65. The molecule has 3 nitrogen and oxygen atoms in total. The summed E-state index contributed by atoms with van der Waals surface area (Å²) in [4.78, 5) is 21.6. The average molecular weight is 182 g/mol. The Labute approximate surface area is 77.8 Å². The van der Waals surface area contributed by atoms with Crippen molar-refractivity contribution in [2.45, 2.75) is 32.6 Å². The van der Waals surface area contributed by atoms with Crippen LogP contribution in [0.5, 0.6) is 0 Å². The topological polar surface area (TPSA) is 43.4 Å². The molecular weight excluding hydrogens is 168 g/mol. The third-order valence-corrected chi connectivity index (χ3v) is 2.00. The molecule has 13 heavy (non-hydrogen) atoms. The van der Waals surface area contributed by atoms with Gasteiger partial charge < -0.3 is 4.74 Å². The molecule has 0 saturated carbocycles. The van der Waals surface area contributed by atoms with Gasteiger partial charge in [0.1, 0.15) is 0 Å². The van der Waals surface area contributed by atoms with Crippen LogP contribution in [0.15, 0.2) is 12.2 Å². The number of cyclic esters (lactones) is 2. The number of carbonyl (C=O) groups is 2. The molecular formula is C10H14O3. The molecule has 0 aromatic carbocycles. The summed E-state index contributed by atoms with van der Waals surface area (Å²) in [5.74, 6) is -1.14. The second kappa shape index (κ2) is 4.80. The van der Waals surface area contributed by atoms with E-state index in [0.29, 0.717) is 0 Å². The molecule has 0 aromatic rings. The highest BCUT2D eigenvalue weighted by Gasteiger charge is 2.30. The summed E-state index contributed by atoms with van der Waals surface area (Å²) >= 11 is 0. The van der Waals surface area contributed by atoms with Gasteiger partial charge in [-0.2, -0.15) is 0 Å². The van der Waals surface area contributed by atoms with E-state index in [2.05, 4.69) is 11.7 Å². The van der Waals surface area contributed by atoms with Gasteiger partial charge in [0.2, 0.25) is 0 Å². The van der Waals surface area contributed by atoms with E-state index in [4.69, 9.17) is 0 Å². The Balaban J connectivity index is 2.32. The molecule has 1 atom stereocenters. The van der Waals surface area contributed by atoms with Crippen LogP contribution in [-0.2, 0) is 14.3 Å². The number of esters is 2. The number of hydrogen-bond acceptors (Lipinski definition) is 3. The maximum atomic E-state index is 11.0. The number of ether oxygens (including phenoxy) is 1. The maximum Gasteiger partial charge on any atom is 0.321 e. The predicted molar refractivity (Wildman–Crippen MR) is 47.9 cm³/mol. The Kier molecular flexibility index (Phi) is 3.68. The third kappa shape index (κ3) is 3.01. The molecule has 72 valence electrons. The van der Waals surface area contributed by atoms with E-state index in [1.54, 1.807) is 6.08 Å². The van der Waals surface area contributed by atoms with Gasteiger partial charge in [-0.1, -0.05) is 31.9 Å². The largest absolute Gasteiger partial charge is 0.393 e. The van der Waals surface area contributed by atoms with Crippen molar-refractivity contribution in [1.82, 2.24) is 0 Å². The van der Waals surface area contributed by atoms with E-state index >= 15 is 0 Å². The fraction of sp³-hybridized carbons (Fsp3) is 0.600. The van der Waals surface area contributed by atoms with Gasteiger partial charge in [0, 0.05) is 0 Å². The van der Waals surface area contributed by atoms with Crippen molar-refractivity contribution in [2.24, 2.45) is 5.92 Å². The highest BCUT2D eigenvalue weighted by atomic mass is 16.6. The van der Waals surface area contributed by atoms with Gasteiger partial charge in [-0.15, -0.1) is 0 Å². The van der Waals surface area contributed by atoms with Crippen molar-refractivity contribution in [2.75, 3.05) is 0 Å². The van der Waals surface area contributed by atoms with Crippen LogP contribution < -0.4 is 0 Å². The molecule has 1 fully saturated rings. The minimum Gasteiger partial charge on any atom is -0.393 e. The normalized spacial score (nSPS) is 22.7. The van der Waals surface area contributed by atoms with Gasteiger partial charge in [-0.05, 0) is 6.42 Å². The van der Waals surface area contributed by atoms with Gasteiger partial charge in [0.25, 0.3) is 0 Å². The van der Waals surface area contributed by atoms with Crippen LogP contribution in [0, 0.1) is 5.92 Å². The SMILES string of the molecule is CCCC/C=C\[C@H]1CC(=O)OC1=O. The number of rotatable bonds is 4. The van der Waals surface area contributed by atoms with Crippen LogP contribution in [0.25, 0.3) is 0 Å². The Bertz CT molecular complexity index is 230. The van der Waals surface area contributed by atoms with Crippen molar-refractivity contribution in [3.63, 3.8) is 0 Å². The number of hydrogen-bond donors (Lipinski definition) is 0. The van der Waals surface area contributed by atoms with E-state index in [0.717, 1.165) is 19.3 Å². The molecule has 0 bridgehead atoms. The van der Waals surface area contributed by atoms with Crippen molar-refractivity contribution in [3.05, 3.63) is 12.2 Å². The molecule has 0 aromatic heterocycles. The Morgan fingerprint density at radius 2 is 2.31 bits per heavy atom. The quantitative estimate of drug-likeness (QED) is 0.288. The zero-order chi connectivity index (χ0) is 9.68. The van der Waals surface area contributed by atoms with E-state index in [1.165, 1.54) is 0 Å². The van der Waals surface area contributed by atoms with Gasteiger partial charge >= 0.3 is 11.9 Å². The molecule has 0 amide bonds. The standard InChI is InChI=1S/C10H14O3/c1-2-3-4-5-6-8-7-9(11)13-10(8)12/h5-6,8H,2-4,7H2,1H3/b6-5-/t8-/m0/s1. The molecule has 1 heterocycles. The summed E-state index contributed by atoms with van der Waals surface area (Å²) in [6, 6.07) is 0. The van der Waals surface area contributed by atoms with Crippen molar-refractivity contribution in [1.29, 1.82) is 0 Å². The zero-order valence-electron chi connectivity index (χ0n) is 7.79. The van der Waals surface area contributed by atoms with Crippen LogP contribution in [0.2, 0.25) is 0 Å². The lowest BCUT2D eigenvalue weighted by atomic mass is 10.1. The summed E-state index contributed by atoms with van der Waals surface area (Å²) in [5.41, 5.74) is 0. The summed E-state index contributed by atoms with van der Waals surface area (Å²) in [5, 5.41) is 0. The average Bonchev–Trinajstić information content (AvgIpc) is 2.39. The van der Waals surface area contributed by atoms with E-state index < -0.39 is 11.9 Å². The second-order valence-corrected chi connectivity index (χ2v) is 3.17. The Morgan fingerprint density at radius 1 is 1.54 bits per heavy atom. The molecule has 1 rings (SSSR count). The first-order chi connectivity index (χ1) is 6.24. The lowest BCUT2D eigenvalue weighted by Crippen LogP contribution is -2.03. The summed E-state index contributed by atoms with van der Waals surface area (Å²) < 4.78 is 4.40. The molecule has 0 spiro atoms. The number of carbonyl (C=O) groups excluding carboxylic acids is 2. The fourth-order valence-corrected chi connectivity index (χ4v) is 1.22. The molecule has 0 unspecified atom stereocenters. The van der Waals surface area contributed by atoms with Crippen LogP contribution in [0.4, 0.5) is 0 Å². The first-order valence-corrected chi connectivity index (χ1v) is 4.65. The fourth-order valence-electron chi connectivity index (χ4n) is 1.22. The molecule has 1 aliphatic heterocycles. The van der Waals surface area contributed by atoms with Gasteiger partial charge in [-0.25, -0.2) is 0 Å². The van der Waals surface area contributed by atoms with Crippen LogP contribution in [0.1, 0.15) is 32.6 Å². The third-order valence-electron chi connectivity index (χ3n) is 2.00. The summed E-state index contributed by atoms with van der Waals surface area (Å²) in [6.45, 7) is 2.11. The smallest absolute Gasteiger partial charge is 0.321 e. The van der Waals surface area contributed by atoms with Gasteiger partial charge in [0.15, 0.2) is 0 Å². The maximum absolute atomic E-state index is 11.0. The zero-order valence-corrected chi connectivity index (χ0v) is 7.79. The minimum atomic E-state index is -0.407. The first kappa shape index (κ1) is 9.96. The molecule has 1 aliphatic rings. The summed E-state index contributed by atoms with van der Waals surface area (Å²) in [7, 11) is 0. The monoisotopic (exact) mass is 182 g/mol. The van der Waals surface area contributed by atoms with E-state index in [9.17, 15) is 9.59 Å². The lowest BCUT2D eigenvalue weighted by Gasteiger charge is -1.94. The molecule has 0 aliphatic carbocycles. The lowest BCUT2D eigenvalue weighted by molar-refractivity contribution is -0.152. The van der Waals surface area contributed by atoms with Crippen molar-refractivity contribution >= 4 is 11.9 Å². The Morgan fingerprint density at radius 3 is 2.85 bits per heavy atom. The van der Waals surface area contributed by atoms with Crippen LogP contribution in [-0.4, -0.2) is 11.9 Å². The highest BCUT2D eigenvalue weighted by Crippen LogP contribution is 2.17. The number of allylic oxidation sites excluding steroid dienone is 1. The molecule has 0 N–H and O–H groups in total.